The van der Waals surface area contributed by atoms with Crippen LogP contribution in [0.15, 0.2) is 54.9 Å². The first-order valence-corrected chi connectivity index (χ1v) is 6.48. The zero-order valence-electron chi connectivity index (χ0n) is 11.0. The van der Waals surface area contributed by atoms with E-state index in [0.717, 1.165) is 23.5 Å². The van der Waals surface area contributed by atoms with Gasteiger partial charge in [0.1, 0.15) is 11.4 Å². The topological polar surface area (TPSA) is 66.5 Å². The summed E-state index contributed by atoms with van der Waals surface area (Å²) in [6.45, 7) is 1.45. The number of hydrogen-bond acceptors (Lipinski definition) is 4. The van der Waals surface area contributed by atoms with Gasteiger partial charge in [0.15, 0.2) is 0 Å². The molecule has 2 aromatic heterocycles. The van der Waals surface area contributed by atoms with E-state index in [1.165, 1.54) is 5.56 Å². The summed E-state index contributed by atoms with van der Waals surface area (Å²) in [4.78, 5) is 4.00. The highest BCUT2D eigenvalue weighted by Crippen LogP contribution is 2.18. The molecule has 0 aliphatic carbocycles. The minimum Gasteiger partial charge on any atom is -0.307 e. The molecule has 0 bridgehead atoms. The summed E-state index contributed by atoms with van der Waals surface area (Å²) in [6.07, 6.45) is 3.59. The van der Waals surface area contributed by atoms with Crippen LogP contribution in [0.4, 0.5) is 0 Å². The highest BCUT2D eigenvalue weighted by atomic mass is 15.3. The fourth-order valence-corrected chi connectivity index (χ4v) is 2.03. The number of rotatable bonds is 5. The minimum atomic E-state index is 0.670. The summed E-state index contributed by atoms with van der Waals surface area (Å²) in [5, 5.41) is 14.5. The number of pyridine rings is 1. The Morgan fingerprint density at radius 1 is 0.900 bits per heavy atom. The molecule has 100 valence electrons. The SMILES string of the molecule is c1ccc(-c2n[nH]nc2CNCc2ccncc2)cc1. The van der Waals surface area contributed by atoms with E-state index in [-0.39, 0.29) is 0 Å². The van der Waals surface area contributed by atoms with Crippen LogP contribution >= 0.6 is 0 Å². The van der Waals surface area contributed by atoms with E-state index in [2.05, 4.69) is 25.7 Å². The van der Waals surface area contributed by atoms with Crippen LogP contribution < -0.4 is 5.32 Å². The molecule has 20 heavy (non-hydrogen) atoms. The third-order valence-electron chi connectivity index (χ3n) is 3.04. The van der Waals surface area contributed by atoms with Crippen molar-refractivity contribution in [2.75, 3.05) is 0 Å². The van der Waals surface area contributed by atoms with Crippen molar-refractivity contribution >= 4 is 0 Å². The Kier molecular flexibility index (Phi) is 3.80. The molecule has 0 saturated carbocycles. The molecular formula is C15H15N5. The van der Waals surface area contributed by atoms with Crippen molar-refractivity contribution in [3.8, 4) is 11.3 Å². The van der Waals surface area contributed by atoms with Crippen LogP contribution in [0.5, 0.6) is 0 Å². The average Bonchev–Trinajstić information content (AvgIpc) is 2.98. The van der Waals surface area contributed by atoms with E-state index in [1.54, 1.807) is 12.4 Å². The molecule has 3 rings (SSSR count). The summed E-state index contributed by atoms with van der Waals surface area (Å²) in [7, 11) is 0. The van der Waals surface area contributed by atoms with Crippen molar-refractivity contribution in [1.29, 1.82) is 0 Å². The summed E-state index contributed by atoms with van der Waals surface area (Å²) in [6, 6.07) is 14.0. The molecule has 1 aromatic carbocycles. The Hall–Kier alpha value is -2.53. The van der Waals surface area contributed by atoms with E-state index in [0.29, 0.717) is 6.54 Å². The Morgan fingerprint density at radius 3 is 2.50 bits per heavy atom. The molecule has 5 nitrogen and oxygen atoms in total. The van der Waals surface area contributed by atoms with Crippen molar-refractivity contribution in [1.82, 2.24) is 25.7 Å². The predicted molar refractivity (Wildman–Crippen MR) is 76.6 cm³/mol. The lowest BCUT2D eigenvalue weighted by molar-refractivity contribution is 0.677. The fraction of sp³-hybridized carbons (Fsp3) is 0.133. The van der Waals surface area contributed by atoms with E-state index in [4.69, 9.17) is 0 Å². The first-order valence-electron chi connectivity index (χ1n) is 6.48. The van der Waals surface area contributed by atoms with Crippen LogP contribution in [0.2, 0.25) is 0 Å². The molecule has 0 aliphatic rings. The number of benzene rings is 1. The Morgan fingerprint density at radius 2 is 1.70 bits per heavy atom. The molecular weight excluding hydrogens is 250 g/mol. The second-order valence-corrected chi connectivity index (χ2v) is 4.44. The summed E-state index contributed by atoms with van der Waals surface area (Å²) >= 11 is 0. The molecule has 2 N–H and O–H groups in total. The van der Waals surface area contributed by atoms with Crippen LogP contribution in [-0.2, 0) is 13.1 Å². The van der Waals surface area contributed by atoms with Gasteiger partial charge in [0.25, 0.3) is 0 Å². The second kappa shape index (κ2) is 6.08. The first-order chi connectivity index (χ1) is 9.93. The van der Waals surface area contributed by atoms with Gasteiger partial charge in [0.2, 0.25) is 0 Å². The number of nitrogens with one attached hydrogen (secondary N) is 2. The molecule has 0 spiro atoms. The lowest BCUT2D eigenvalue weighted by Gasteiger charge is -2.04. The number of H-pyrrole nitrogens is 1. The largest absolute Gasteiger partial charge is 0.307 e. The monoisotopic (exact) mass is 265 g/mol. The fourth-order valence-electron chi connectivity index (χ4n) is 2.03. The molecule has 0 atom stereocenters. The average molecular weight is 265 g/mol. The van der Waals surface area contributed by atoms with Crippen LogP contribution in [0.1, 0.15) is 11.3 Å². The van der Waals surface area contributed by atoms with Crippen molar-refractivity contribution < 1.29 is 0 Å². The summed E-state index contributed by atoms with van der Waals surface area (Å²) in [5.41, 5.74) is 4.09. The molecule has 5 heteroatoms. The number of nitrogens with zero attached hydrogens (tertiary/aromatic N) is 3. The highest BCUT2D eigenvalue weighted by Gasteiger charge is 2.09. The van der Waals surface area contributed by atoms with Crippen LogP contribution in [0.3, 0.4) is 0 Å². The maximum absolute atomic E-state index is 4.23. The van der Waals surface area contributed by atoms with Gasteiger partial charge in [-0.05, 0) is 17.7 Å². The molecule has 3 aromatic rings. The number of aromatic nitrogens is 4. The van der Waals surface area contributed by atoms with Gasteiger partial charge in [-0.25, -0.2) is 0 Å². The van der Waals surface area contributed by atoms with Crippen molar-refractivity contribution in [2.45, 2.75) is 13.1 Å². The summed E-state index contributed by atoms with van der Waals surface area (Å²) in [5.74, 6) is 0. The van der Waals surface area contributed by atoms with Gasteiger partial charge >= 0.3 is 0 Å². The highest BCUT2D eigenvalue weighted by molar-refractivity contribution is 5.60. The van der Waals surface area contributed by atoms with Gasteiger partial charge in [0.05, 0.1) is 0 Å². The third kappa shape index (κ3) is 2.89. The maximum atomic E-state index is 4.23. The van der Waals surface area contributed by atoms with Gasteiger partial charge in [0, 0.05) is 31.0 Å². The lowest BCUT2D eigenvalue weighted by Crippen LogP contribution is -2.13. The van der Waals surface area contributed by atoms with E-state index in [9.17, 15) is 0 Å². The number of aromatic amines is 1. The predicted octanol–water partition coefficient (Wildman–Crippen LogP) is 2.16. The van der Waals surface area contributed by atoms with Gasteiger partial charge in [-0.1, -0.05) is 30.3 Å². The standard InChI is InChI=1S/C15H15N5/c1-2-4-13(5-3-1)15-14(18-20-19-15)11-17-10-12-6-8-16-9-7-12/h1-9,17H,10-11H2,(H,18,19,20). The molecule has 0 saturated heterocycles. The Labute approximate surface area is 117 Å². The van der Waals surface area contributed by atoms with Crippen LogP contribution in [0, 0.1) is 0 Å². The van der Waals surface area contributed by atoms with Gasteiger partial charge < -0.3 is 5.32 Å². The third-order valence-corrected chi connectivity index (χ3v) is 3.04. The Balaban J connectivity index is 1.66. The van der Waals surface area contributed by atoms with Crippen molar-refractivity contribution in [3.05, 3.63) is 66.1 Å². The minimum absolute atomic E-state index is 0.670. The smallest absolute Gasteiger partial charge is 0.117 e. The van der Waals surface area contributed by atoms with E-state index < -0.39 is 0 Å². The normalized spacial score (nSPS) is 10.6. The molecule has 2 heterocycles. The van der Waals surface area contributed by atoms with E-state index >= 15 is 0 Å². The van der Waals surface area contributed by atoms with Gasteiger partial charge in [-0.3, -0.25) is 4.98 Å². The molecule has 0 fully saturated rings. The van der Waals surface area contributed by atoms with Crippen LogP contribution in [0.25, 0.3) is 11.3 Å². The molecule has 0 aliphatic heterocycles. The maximum Gasteiger partial charge on any atom is 0.117 e. The van der Waals surface area contributed by atoms with Crippen molar-refractivity contribution in [3.63, 3.8) is 0 Å². The zero-order chi connectivity index (χ0) is 13.6. The first kappa shape index (κ1) is 12.5. The second-order valence-electron chi connectivity index (χ2n) is 4.44. The van der Waals surface area contributed by atoms with Gasteiger partial charge in [-0.15, -0.1) is 0 Å². The number of hydrogen-bond donors (Lipinski definition) is 2. The molecule has 0 unspecified atom stereocenters. The lowest BCUT2D eigenvalue weighted by atomic mass is 10.1. The Bertz CT molecular complexity index is 648. The van der Waals surface area contributed by atoms with Crippen LogP contribution in [-0.4, -0.2) is 20.4 Å². The quantitative estimate of drug-likeness (QED) is 0.742. The van der Waals surface area contributed by atoms with E-state index in [1.807, 2.05) is 42.5 Å². The van der Waals surface area contributed by atoms with Gasteiger partial charge in [-0.2, -0.15) is 15.4 Å². The zero-order valence-corrected chi connectivity index (χ0v) is 11.0. The molecule has 0 amide bonds. The van der Waals surface area contributed by atoms with Crippen molar-refractivity contribution in [2.24, 2.45) is 0 Å². The molecule has 0 radical (unpaired) electrons. The summed E-state index contributed by atoms with van der Waals surface area (Å²) < 4.78 is 0.